The minimum Gasteiger partial charge on any atom is -0.486 e. The highest BCUT2D eigenvalue weighted by Crippen LogP contribution is 2.33. The highest BCUT2D eigenvalue weighted by Gasteiger charge is 2.14. The van der Waals surface area contributed by atoms with E-state index in [1.807, 2.05) is 0 Å². The maximum absolute atomic E-state index is 14.3. The molecule has 0 fully saturated rings. The summed E-state index contributed by atoms with van der Waals surface area (Å²) in [7, 11) is 0. The minimum atomic E-state index is -0.613. The number of rotatable bonds is 7. The number of nitrogens with zero attached hydrogens (tertiary/aromatic N) is 3. The first kappa shape index (κ1) is 21.0. The number of benzene rings is 2. The third-order valence-electron chi connectivity index (χ3n) is 4.26. The number of esters is 1. The lowest BCUT2D eigenvalue weighted by atomic mass is 10.2. The summed E-state index contributed by atoms with van der Waals surface area (Å²) < 4.78 is 30.2. The molecular formula is C22H20FN5O4. The molecule has 0 aliphatic carbocycles. The van der Waals surface area contributed by atoms with Gasteiger partial charge in [0.2, 0.25) is 5.95 Å². The van der Waals surface area contributed by atoms with Crippen LogP contribution >= 0.6 is 0 Å². The number of aromatic nitrogens is 2. The van der Waals surface area contributed by atoms with Crippen LogP contribution in [-0.4, -0.2) is 42.0 Å². The Hall–Kier alpha value is -4.21. The van der Waals surface area contributed by atoms with E-state index in [4.69, 9.17) is 14.2 Å². The molecule has 0 saturated heterocycles. The summed E-state index contributed by atoms with van der Waals surface area (Å²) >= 11 is 0. The van der Waals surface area contributed by atoms with Crippen molar-refractivity contribution >= 4 is 41.0 Å². The number of ether oxygens (including phenoxy) is 3. The van der Waals surface area contributed by atoms with Crippen LogP contribution in [0.5, 0.6) is 11.5 Å². The van der Waals surface area contributed by atoms with Gasteiger partial charge in [0.1, 0.15) is 19.4 Å². The van der Waals surface area contributed by atoms with E-state index in [0.29, 0.717) is 41.8 Å². The molecule has 164 valence electrons. The maximum Gasteiger partial charge on any atom is 0.349 e. The Kier molecular flexibility index (Phi) is 6.40. The standard InChI is InChI=1S/C22H20FN5O4/c1-2-30-20(29)13-24-14-4-3-5-15(10-14)27-22-25-12-17(23)21(28-22)26-16-6-7-18-19(11-16)32-9-8-31-18/h3-7,10-13H,2,8-9H2,1H3,(H2,25,26,27,28)/b24-13+. The van der Waals surface area contributed by atoms with E-state index in [-0.39, 0.29) is 18.4 Å². The van der Waals surface area contributed by atoms with Crippen molar-refractivity contribution < 1.29 is 23.4 Å². The van der Waals surface area contributed by atoms with Gasteiger partial charge in [0.15, 0.2) is 23.1 Å². The van der Waals surface area contributed by atoms with Gasteiger partial charge in [0.25, 0.3) is 0 Å². The first-order chi connectivity index (χ1) is 15.6. The Morgan fingerprint density at radius 1 is 1.16 bits per heavy atom. The number of fused-ring (bicyclic) bond motifs is 1. The number of nitrogens with one attached hydrogen (secondary N) is 2. The number of anilines is 4. The summed E-state index contributed by atoms with van der Waals surface area (Å²) in [5.41, 5.74) is 1.73. The molecule has 0 unspecified atom stereocenters. The fraction of sp³-hybridized carbons (Fsp3) is 0.182. The average molecular weight is 437 g/mol. The summed E-state index contributed by atoms with van der Waals surface area (Å²) in [5.74, 6) is 0.251. The fourth-order valence-corrected chi connectivity index (χ4v) is 2.87. The predicted molar refractivity (Wildman–Crippen MR) is 117 cm³/mol. The molecule has 0 saturated carbocycles. The first-order valence-electron chi connectivity index (χ1n) is 9.88. The van der Waals surface area contributed by atoms with Crippen LogP contribution in [0.15, 0.2) is 53.7 Å². The average Bonchev–Trinajstić information content (AvgIpc) is 2.80. The molecule has 0 bridgehead atoms. The Morgan fingerprint density at radius 3 is 2.81 bits per heavy atom. The smallest absolute Gasteiger partial charge is 0.349 e. The highest BCUT2D eigenvalue weighted by molar-refractivity contribution is 6.23. The Balaban J connectivity index is 1.48. The molecule has 0 atom stereocenters. The van der Waals surface area contributed by atoms with Crippen LogP contribution in [0.1, 0.15) is 6.92 Å². The van der Waals surface area contributed by atoms with Crippen molar-refractivity contribution in [3.63, 3.8) is 0 Å². The van der Waals surface area contributed by atoms with Gasteiger partial charge < -0.3 is 24.8 Å². The Bertz CT molecular complexity index is 1150. The topological polar surface area (TPSA) is 107 Å². The zero-order chi connectivity index (χ0) is 22.3. The Labute approximate surface area is 183 Å². The molecule has 4 rings (SSSR count). The molecule has 0 amide bonds. The molecule has 10 heteroatoms. The van der Waals surface area contributed by atoms with Gasteiger partial charge in [0, 0.05) is 17.4 Å². The summed E-state index contributed by atoms with van der Waals surface area (Å²) in [6, 6.07) is 12.1. The van der Waals surface area contributed by atoms with Crippen molar-refractivity contribution in [2.75, 3.05) is 30.5 Å². The van der Waals surface area contributed by atoms with E-state index >= 15 is 0 Å². The highest BCUT2D eigenvalue weighted by atomic mass is 19.1. The number of hydrogen-bond donors (Lipinski definition) is 2. The number of halogens is 1. The van der Waals surface area contributed by atoms with Crippen LogP contribution in [0, 0.1) is 5.82 Å². The van der Waals surface area contributed by atoms with Crippen LogP contribution in [0.25, 0.3) is 0 Å². The SMILES string of the molecule is CCOC(=O)/C=N/c1cccc(Nc2ncc(F)c(Nc3ccc4c(c3)OCCO4)n2)c1. The second-order valence-electron chi connectivity index (χ2n) is 6.56. The third-order valence-corrected chi connectivity index (χ3v) is 4.26. The van der Waals surface area contributed by atoms with Crippen molar-refractivity contribution in [3.05, 3.63) is 54.5 Å². The molecule has 0 spiro atoms. The molecule has 32 heavy (non-hydrogen) atoms. The largest absolute Gasteiger partial charge is 0.486 e. The van der Waals surface area contributed by atoms with Gasteiger partial charge in [-0.3, -0.25) is 0 Å². The number of hydrogen-bond acceptors (Lipinski definition) is 9. The van der Waals surface area contributed by atoms with Crippen LogP contribution in [-0.2, 0) is 9.53 Å². The normalized spacial score (nSPS) is 12.4. The van der Waals surface area contributed by atoms with E-state index in [0.717, 1.165) is 12.4 Å². The molecule has 1 aromatic heterocycles. The first-order valence-corrected chi connectivity index (χ1v) is 9.88. The van der Waals surface area contributed by atoms with Gasteiger partial charge in [-0.2, -0.15) is 4.98 Å². The van der Waals surface area contributed by atoms with E-state index in [1.165, 1.54) is 0 Å². The second kappa shape index (κ2) is 9.73. The lowest BCUT2D eigenvalue weighted by Crippen LogP contribution is -2.15. The summed E-state index contributed by atoms with van der Waals surface area (Å²) in [6.07, 6.45) is 2.17. The van der Waals surface area contributed by atoms with Crippen LogP contribution in [0.2, 0.25) is 0 Å². The predicted octanol–water partition coefficient (Wildman–Crippen LogP) is 4.14. The van der Waals surface area contributed by atoms with E-state index in [1.54, 1.807) is 49.4 Å². The molecule has 2 heterocycles. The number of carbonyl (C=O) groups is 1. The molecule has 2 N–H and O–H groups in total. The summed E-state index contributed by atoms with van der Waals surface area (Å²) in [5, 5.41) is 5.92. The second-order valence-corrected chi connectivity index (χ2v) is 6.56. The number of carbonyl (C=O) groups excluding carboxylic acids is 1. The van der Waals surface area contributed by atoms with Gasteiger partial charge in [0.05, 0.1) is 18.5 Å². The molecule has 1 aliphatic heterocycles. The van der Waals surface area contributed by atoms with Crippen molar-refractivity contribution in [2.45, 2.75) is 6.92 Å². The fourth-order valence-electron chi connectivity index (χ4n) is 2.87. The molecular weight excluding hydrogens is 417 g/mol. The van der Waals surface area contributed by atoms with Gasteiger partial charge in [-0.25, -0.2) is 19.2 Å². The lowest BCUT2D eigenvalue weighted by Gasteiger charge is -2.19. The zero-order valence-electron chi connectivity index (χ0n) is 17.2. The quantitative estimate of drug-likeness (QED) is 0.420. The van der Waals surface area contributed by atoms with Gasteiger partial charge >= 0.3 is 5.97 Å². The van der Waals surface area contributed by atoms with Crippen molar-refractivity contribution in [3.8, 4) is 11.5 Å². The van der Waals surface area contributed by atoms with Crippen LogP contribution in [0.4, 0.5) is 33.2 Å². The van der Waals surface area contributed by atoms with Crippen molar-refractivity contribution in [1.82, 2.24) is 9.97 Å². The molecule has 1 aliphatic rings. The van der Waals surface area contributed by atoms with E-state index in [9.17, 15) is 9.18 Å². The van der Waals surface area contributed by atoms with E-state index in [2.05, 4.69) is 25.6 Å². The number of aliphatic imine (C=N–C) groups is 1. The Morgan fingerprint density at radius 2 is 1.97 bits per heavy atom. The zero-order valence-corrected chi connectivity index (χ0v) is 17.2. The molecule has 2 aromatic carbocycles. The lowest BCUT2D eigenvalue weighted by molar-refractivity contribution is -0.134. The summed E-state index contributed by atoms with van der Waals surface area (Å²) in [6.45, 7) is 2.94. The van der Waals surface area contributed by atoms with Crippen molar-refractivity contribution in [2.24, 2.45) is 4.99 Å². The molecule has 3 aromatic rings. The molecule has 9 nitrogen and oxygen atoms in total. The van der Waals surface area contributed by atoms with Crippen LogP contribution in [0.3, 0.4) is 0 Å². The van der Waals surface area contributed by atoms with E-state index < -0.39 is 11.8 Å². The molecule has 0 radical (unpaired) electrons. The minimum absolute atomic E-state index is 0.00401. The third kappa shape index (κ3) is 5.28. The maximum atomic E-state index is 14.3. The van der Waals surface area contributed by atoms with Gasteiger partial charge in [-0.05, 0) is 37.3 Å². The van der Waals surface area contributed by atoms with Crippen molar-refractivity contribution in [1.29, 1.82) is 0 Å². The van der Waals surface area contributed by atoms with Gasteiger partial charge in [-0.15, -0.1) is 0 Å². The monoisotopic (exact) mass is 437 g/mol. The van der Waals surface area contributed by atoms with Crippen LogP contribution < -0.4 is 20.1 Å². The summed E-state index contributed by atoms with van der Waals surface area (Å²) in [4.78, 5) is 23.7. The van der Waals surface area contributed by atoms with Gasteiger partial charge in [-0.1, -0.05) is 6.07 Å².